The molecule has 0 amide bonds. The number of hydrogen-bond donors (Lipinski definition) is 1. The molecular weight excluding hydrogens is 653 g/mol. The summed E-state index contributed by atoms with van der Waals surface area (Å²) in [5, 5.41) is 0. The van der Waals surface area contributed by atoms with Crippen molar-refractivity contribution in [2.45, 2.75) is 161 Å². The molecule has 0 spiro atoms. The number of ether oxygens (including phenoxy) is 2. The van der Waals surface area contributed by atoms with Gasteiger partial charge in [-0.05, 0) is 44.9 Å². The number of phosphoric acid groups is 1. The first-order valence-electron chi connectivity index (χ1n) is 19.7. The van der Waals surface area contributed by atoms with Gasteiger partial charge in [-0.1, -0.05) is 134 Å². The van der Waals surface area contributed by atoms with Gasteiger partial charge in [0.1, 0.15) is 19.8 Å². The molecule has 0 fully saturated rings. The van der Waals surface area contributed by atoms with Crippen LogP contribution in [0.1, 0.15) is 155 Å². The first kappa shape index (κ1) is 48.2. The smallest absolute Gasteiger partial charge is 0.462 e. The number of hydrogen-bond acceptors (Lipinski definition) is 7. The fourth-order valence-electron chi connectivity index (χ4n) is 5.09. The summed E-state index contributed by atoms with van der Waals surface area (Å²) >= 11 is 0. The van der Waals surface area contributed by atoms with E-state index in [9.17, 15) is 19.0 Å². The van der Waals surface area contributed by atoms with Crippen molar-refractivity contribution in [1.29, 1.82) is 0 Å². The van der Waals surface area contributed by atoms with Gasteiger partial charge in [0.2, 0.25) is 0 Å². The maximum absolute atomic E-state index is 12.6. The quantitative estimate of drug-likeness (QED) is 0.0226. The third-order valence-electron chi connectivity index (χ3n) is 8.18. The summed E-state index contributed by atoms with van der Waals surface area (Å²) in [5.74, 6) is -0.820. The Morgan fingerprint density at radius 3 is 1.70 bits per heavy atom. The molecule has 0 saturated heterocycles. The van der Waals surface area contributed by atoms with Crippen molar-refractivity contribution in [3.8, 4) is 0 Å². The average Bonchev–Trinajstić information content (AvgIpc) is 3.06. The lowest BCUT2D eigenvalue weighted by Gasteiger charge is -2.24. The van der Waals surface area contributed by atoms with Crippen LogP contribution in [0.4, 0.5) is 0 Å². The number of quaternary nitrogens is 1. The Balaban J connectivity index is 4.43. The highest BCUT2D eigenvalue weighted by molar-refractivity contribution is 7.47. The van der Waals surface area contributed by atoms with Crippen LogP contribution in [-0.2, 0) is 32.7 Å². The molecule has 292 valence electrons. The predicted molar refractivity (Wildman–Crippen MR) is 206 cm³/mol. The van der Waals surface area contributed by atoms with Crippen LogP contribution in [0.5, 0.6) is 0 Å². The van der Waals surface area contributed by atoms with Gasteiger partial charge < -0.3 is 18.9 Å². The number of nitrogens with zero attached hydrogens (tertiary/aromatic N) is 1. The molecule has 1 N–H and O–H groups in total. The van der Waals surface area contributed by atoms with E-state index in [1.54, 1.807) is 0 Å². The first-order chi connectivity index (χ1) is 24.0. The third-order valence-corrected chi connectivity index (χ3v) is 9.17. The molecule has 0 aliphatic carbocycles. The lowest BCUT2D eigenvalue weighted by Crippen LogP contribution is -2.37. The van der Waals surface area contributed by atoms with Gasteiger partial charge in [0, 0.05) is 12.8 Å². The molecule has 0 heterocycles. The fourth-order valence-corrected chi connectivity index (χ4v) is 5.83. The largest absolute Gasteiger partial charge is 0.472 e. The summed E-state index contributed by atoms with van der Waals surface area (Å²) in [7, 11) is 1.46. The molecule has 0 aromatic carbocycles. The Morgan fingerprint density at radius 2 is 1.14 bits per heavy atom. The second kappa shape index (κ2) is 33.1. The lowest BCUT2D eigenvalue weighted by atomic mass is 10.1. The van der Waals surface area contributed by atoms with Crippen LogP contribution >= 0.6 is 7.82 Å². The van der Waals surface area contributed by atoms with E-state index < -0.39 is 26.5 Å². The summed E-state index contributed by atoms with van der Waals surface area (Å²) in [4.78, 5) is 35.2. The van der Waals surface area contributed by atoms with Gasteiger partial charge in [0.05, 0.1) is 27.7 Å². The van der Waals surface area contributed by atoms with Gasteiger partial charge in [-0.25, -0.2) is 4.57 Å². The molecule has 0 saturated carbocycles. The lowest BCUT2D eigenvalue weighted by molar-refractivity contribution is -0.870. The monoisotopic (exact) mass is 729 g/mol. The zero-order chi connectivity index (χ0) is 37.2. The Labute approximate surface area is 306 Å². The molecule has 0 rings (SSSR count). The van der Waals surface area contributed by atoms with E-state index in [0.29, 0.717) is 17.4 Å². The predicted octanol–water partition coefficient (Wildman–Crippen LogP) is 10.6. The van der Waals surface area contributed by atoms with Crippen molar-refractivity contribution in [2.24, 2.45) is 0 Å². The number of likely N-dealkylation sites (N-methyl/N-ethyl adjacent to an activating group) is 1. The van der Waals surface area contributed by atoms with E-state index in [2.05, 4.69) is 50.3 Å². The highest BCUT2D eigenvalue weighted by atomic mass is 31.2. The SMILES string of the molecule is CC/C=C/C/C=C/C/C=C/CCCCCCCC(=O)OC[C@H](COP(=O)(O)OCC[N+](C)(C)C)OC(=O)CCCCCCCCCCCCC. The maximum Gasteiger partial charge on any atom is 0.472 e. The van der Waals surface area contributed by atoms with Gasteiger partial charge >= 0.3 is 19.8 Å². The highest BCUT2D eigenvalue weighted by Crippen LogP contribution is 2.43. The number of esters is 2. The van der Waals surface area contributed by atoms with E-state index in [1.807, 2.05) is 21.1 Å². The molecule has 0 aliphatic rings. The number of unbranched alkanes of at least 4 members (excludes halogenated alkanes) is 15. The van der Waals surface area contributed by atoms with Crippen LogP contribution in [0.25, 0.3) is 0 Å². The molecular formula is C40H75NO8P+. The Kier molecular flexibility index (Phi) is 31.9. The Bertz CT molecular complexity index is 959. The normalized spacial score (nSPS) is 14.1. The van der Waals surface area contributed by atoms with Gasteiger partial charge in [0.15, 0.2) is 6.10 Å². The first-order valence-corrected chi connectivity index (χ1v) is 21.2. The number of carbonyl (C=O) groups is 2. The van der Waals surface area contributed by atoms with E-state index >= 15 is 0 Å². The van der Waals surface area contributed by atoms with Crippen LogP contribution in [0.2, 0.25) is 0 Å². The zero-order valence-corrected chi connectivity index (χ0v) is 33.5. The van der Waals surface area contributed by atoms with E-state index in [0.717, 1.165) is 70.6 Å². The maximum atomic E-state index is 12.6. The number of phosphoric ester groups is 1. The molecule has 0 aromatic heterocycles. The molecule has 0 bridgehead atoms. The minimum Gasteiger partial charge on any atom is -0.462 e. The van der Waals surface area contributed by atoms with Crippen LogP contribution < -0.4 is 0 Å². The number of allylic oxidation sites excluding steroid dienone is 6. The molecule has 1 unspecified atom stereocenters. The second-order valence-corrected chi connectivity index (χ2v) is 15.7. The van der Waals surface area contributed by atoms with Crippen molar-refractivity contribution in [3.05, 3.63) is 36.5 Å². The van der Waals surface area contributed by atoms with Crippen molar-refractivity contribution >= 4 is 19.8 Å². The van der Waals surface area contributed by atoms with Crippen molar-refractivity contribution < 1.29 is 42.1 Å². The Hall–Kier alpha value is -1.77. The molecule has 0 radical (unpaired) electrons. The van der Waals surface area contributed by atoms with E-state index in [-0.39, 0.29) is 32.0 Å². The summed E-state index contributed by atoms with van der Waals surface area (Å²) in [6.07, 6.45) is 34.7. The Morgan fingerprint density at radius 1 is 0.640 bits per heavy atom. The van der Waals surface area contributed by atoms with Crippen LogP contribution in [-0.4, -0.2) is 74.9 Å². The minimum absolute atomic E-state index is 0.0291. The third kappa shape index (κ3) is 36.0. The number of carbonyl (C=O) groups excluding carboxylic acids is 2. The summed E-state index contributed by atoms with van der Waals surface area (Å²) in [6.45, 7) is 4.27. The zero-order valence-electron chi connectivity index (χ0n) is 32.6. The van der Waals surface area contributed by atoms with Crippen LogP contribution in [0.15, 0.2) is 36.5 Å². The summed E-state index contributed by atoms with van der Waals surface area (Å²) in [5.41, 5.74) is 0. The van der Waals surface area contributed by atoms with Crippen molar-refractivity contribution in [1.82, 2.24) is 0 Å². The molecule has 9 nitrogen and oxygen atoms in total. The van der Waals surface area contributed by atoms with Gasteiger partial charge in [-0.15, -0.1) is 0 Å². The molecule has 2 atom stereocenters. The molecule has 0 aromatic rings. The molecule has 50 heavy (non-hydrogen) atoms. The minimum atomic E-state index is -4.37. The van der Waals surface area contributed by atoms with Crippen molar-refractivity contribution in [2.75, 3.05) is 47.5 Å². The van der Waals surface area contributed by atoms with E-state index in [1.165, 1.54) is 51.4 Å². The average molecular weight is 729 g/mol. The summed E-state index contributed by atoms with van der Waals surface area (Å²) in [6, 6.07) is 0. The van der Waals surface area contributed by atoms with E-state index in [4.69, 9.17) is 18.5 Å². The fraction of sp³-hybridized carbons (Fsp3) is 0.800. The molecule has 0 aliphatic heterocycles. The number of rotatable bonds is 35. The standard InChI is InChI=1S/C40H74NO8P/c1-6-8-10-12-14-16-18-19-20-21-23-24-26-28-30-32-39(42)46-36-38(37-48-50(44,45)47-35-34-41(3,4)5)49-40(43)33-31-29-27-25-22-17-15-13-11-9-7-2/h8,10,14,16,19-20,38H,6-7,9,11-13,15,17-18,21-37H2,1-5H3/p+1/b10-8+,16-14+,20-19+/t38-/m1/s1. The highest BCUT2D eigenvalue weighted by Gasteiger charge is 2.27. The second-order valence-electron chi connectivity index (χ2n) is 14.3. The van der Waals surface area contributed by atoms with Crippen LogP contribution in [0.3, 0.4) is 0 Å². The summed E-state index contributed by atoms with van der Waals surface area (Å²) < 4.78 is 34.1. The van der Waals surface area contributed by atoms with Gasteiger partial charge in [-0.3, -0.25) is 18.6 Å². The van der Waals surface area contributed by atoms with Crippen LogP contribution in [0, 0.1) is 0 Å². The van der Waals surface area contributed by atoms with Gasteiger partial charge in [0.25, 0.3) is 0 Å². The van der Waals surface area contributed by atoms with Gasteiger partial charge in [-0.2, -0.15) is 0 Å². The van der Waals surface area contributed by atoms with Crippen molar-refractivity contribution in [3.63, 3.8) is 0 Å². The topological polar surface area (TPSA) is 108 Å². The molecule has 10 heteroatoms.